The fraction of sp³-hybridized carbons (Fsp3) is 0. The lowest BCUT2D eigenvalue weighted by atomic mass is 10.2. The van der Waals surface area contributed by atoms with Gasteiger partial charge in [-0.1, -0.05) is 15.9 Å². The molecule has 0 saturated heterocycles. The molecule has 0 heterocycles. The molecule has 0 aliphatic carbocycles. The minimum Gasteiger partial charge on any atom is -0.507 e. The first-order chi connectivity index (χ1) is 6.09. The number of nitrogens with zero attached hydrogens (tertiary/aromatic N) is 1. The summed E-state index contributed by atoms with van der Waals surface area (Å²) in [6.07, 6.45) is 2.02. The van der Waals surface area contributed by atoms with Crippen LogP contribution in [0.25, 0.3) is 6.08 Å². The van der Waals surface area contributed by atoms with Crippen LogP contribution in [0.1, 0.15) is 5.56 Å². The van der Waals surface area contributed by atoms with E-state index in [-0.39, 0.29) is 5.75 Å². The first-order valence-electron chi connectivity index (χ1n) is 3.40. The topological polar surface area (TPSA) is 63.4 Å². The van der Waals surface area contributed by atoms with Gasteiger partial charge in [-0.25, -0.2) is 0 Å². The van der Waals surface area contributed by atoms with E-state index < -0.39 is 4.92 Å². The Bertz CT molecular complexity index is 362. The van der Waals surface area contributed by atoms with Crippen molar-refractivity contribution in [3.63, 3.8) is 0 Å². The Kier molecular flexibility index (Phi) is 3.02. The Morgan fingerprint density at radius 1 is 1.54 bits per heavy atom. The van der Waals surface area contributed by atoms with Gasteiger partial charge in [0.25, 0.3) is 0 Å². The molecule has 0 aliphatic heterocycles. The maximum Gasteiger partial charge on any atom is 0.235 e. The van der Waals surface area contributed by atoms with Gasteiger partial charge < -0.3 is 5.11 Å². The van der Waals surface area contributed by atoms with Gasteiger partial charge >= 0.3 is 0 Å². The first-order valence-corrected chi connectivity index (χ1v) is 4.19. The van der Waals surface area contributed by atoms with Gasteiger partial charge in [0.2, 0.25) is 6.20 Å². The van der Waals surface area contributed by atoms with Crippen LogP contribution in [0.2, 0.25) is 0 Å². The van der Waals surface area contributed by atoms with E-state index in [0.717, 1.165) is 10.7 Å². The quantitative estimate of drug-likeness (QED) is 0.641. The zero-order valence-corrected chi connectivity index (χ0v) is 8.06. The van der Waals surface area contributed by atoms with Crippen LogP contribution in [0.3, 0.4) is 0 Å². The highest BCUT2D eigenvalue weighted by Crippen LogP contribution is 2.22. The van der Waals surface area contributed by atoms with Crippen molar-refractivity contribution >= 4 is 22.0 Å². The van der Waals surface area contributed by atoms with E-state index in [4.69, 9.17) is 0 Å². The summed E-state index contributed by atoms with van der Waals surface area (Å²) in [5.74, 6) is 0.0151. The molecular formula is C8H6BrNO3. The van der Waals surface area contributed by atoms with Gasteiger partial charge in [0, 0.05) is 16.1 Å². The zero-order chi connectivity index (χ0) is 9.84. The van der Waals surface area contributed by atoms with Crippen LogP contribution in [0.15, 0.2) is 28.9 Å². The molecule has 0 spiro atoms. The minimum atomic E-state index is -0.583. The van der Waals surface area contributed by atoms with Crippen molar-refractivity contribution in [1.29, 1.82) is 0 Å². The molecule has 0 unspecified atom stereocenters. The molecule has 0 atom stereocenters. The molecule has 1 rings (SSSR count). The lowest BCUT2D eigenvalue weighted by Gasteiger charge is -1.97. The van der Waals surface area contributed by atoms with E-state index in [0.29, 0.717) is 5.56 Å². The summed E-state index contributed by atoms with van der Waals surface area (Å²) < 4.78 is 0.758. The SMILES string of the molecule is O=[N+]([O-])/C=C/c1cc(Br)ccc1O. The average Bonchev–Trinajstić information content (AvgIpc) is 2.06. The summed E-state index contributed by atoms with van der Waals surface area (Å²) in [6, 6.07) is 4.71. The summed E-state index contributed by atoms with van der Waals surface area (Å²) >= 11 is 3.19. The number of nitro groups is 1. The average molecular weight is 244 g/mol. The van der Waals surface area contributed by atoms with E-state index >= 15 is 0 Å². The number of hydrogen-bond acceptors (Lipinski definition) is 3. The maximum absolute atomic E-state index is 9.99. The summed E-state index contributed by atoms with van der Waals surface area (Å²) in [7, 11) is 0. The molecule has 0 bridgehead atoms. The predicted octanol–water partition coefficient (Wildman–Crippen LogP) is 2.40. The van der Waals surface area contributed by atoms with Crippen LogP contribution >= 0.6 is 15.9 Å². The molecular weight excluding hydrogens is 238 g/mol. The van der Waals surface area contributed by atoms with Gasteiger partial charge in [-0.15, -0.1) is 0 Å². The summed E-state index contributed by atoms with van der Waals surface area (Å²) in [4.78, 5) is 9.41. The molecule has 0 aromatic heterocycles. The van der Waals surface area contributed by atoms with Crippen molar-refractivity contribution in [3.8, 4) is 5.75 Å². The number of rotatable bonds is 2. The fourth-order valence-corrected chi connectivity index (χ4v) is 1.18. The molecule has 13 heavy (non-hydrogen) atoms. The van der Waals surface area contributed by atoms with Crippen molar-refractivity contribution in [2.24, 2.45) is 0 Å². The molecule has 0 amide bonds. The van der Waals surface area contributed by atoms with Gasteiger partial charge in [0.05, 0.1) is 4.92 Å². The van der Waals surface area contributed by atoms with Gasteiger partial charge in [0.1, 0.15) is 5.75 Å². The Morgan fingerprint density at radius 3 is 2.85 bits per heavy atom. The highest BCUT2D eigenvalue weighted by molar-refractivity contribution is 9.10. The van der Waals surface area contributed by atoms with Crippen LogP contribution in [-0.2, 0) is 0 Å². The summed E-state index contributed by atoms with van der Waals surface area (Å²) in [6.45, 7) is 0. The van der Waals surface area contributed by atoms with Crippen LogP contribution in [-0.4, -0.2) is 10.0 Å². The van der Waals surface area contributed by atoms with Gasteiger partial charge in [-0.2, -0.15) is 0 Å². The molecule has 5 heteroatoms. The Hall–Kier alpha value is -1.36. The number of halogens is 1. The molecule has 68 valence electrons. The number of phenols is 1. The molecule has 4 nitrogen and oxygen atoms in total. The standard InChI is InChI=1S/C8H6BrNO3/c9-7-1-2-8(11)6(5-7)3-4-10(12)13/h1-5,11H/b4-3+. The number of benzene rings is 1. The Balaban J connectivity index is 3.00. The summed E-state index contributed by atoms with van der Waals surface area (Å²) in [5.41, 5.74) is 0.408. The van der Waals surface area contributed by atoms with Crippen molar-refractivity contribution < 1.29 is 10.0 Å². The highest BCUT2D eigenvalue weighted by Gasteiger charge is 1.99. The molecule has 1 aromatic rings. The third kappa shape index (κ3) is 2.87. The smallest absolute Gasteiger partial charge is 0.235 e. The lowest BCUT2D eigenvalue weighted by molar-refractivity contribution is -0.400. The largest absolute Gasteiger partial charge is 0.507 e. The van der Waals surface area contributed by atoms with Crippen molar-refractivity contribution in [2.45, 2.75) is 0 Å². The number of hydrogen-bond donors (Lipinski definition) is 1. The van der Waals surface area contributed by atoms with Gasteiger partial charge in [-0.3, -0.25) is 10.1 Å². The van der Waals surface area contributed by atoms with Crippen LogP contribution in [0.5, 0.6) is 5.75 Å². The second-order valence-corrected chi connectivity index (χ2v) is 3.22. The molecule has 1 N–H and O–H groups in total. The van der Waals surface area contributed by atoms with Crippen LogP contribution < -0.4 is 0 Å². The monoisotopic (exact) mass is 243 g/mol. The molecule has 1 aromatic carbocycles. The van der Waals surface area contributed by atoms with Gasteiger partial charge in [-0.05, 0) is 18.2 Å². The molecule has 0 radical (unpaired) electrons. The third-order valence-corrected chi connectivity index (χ3v) is 1.86. The van der Waals surface area contributed by atoms with Crippen LogP contribution in [0.4, 0.5) is 0 Å². The predicted molar refractivity (Wildman–Crippen MR) is 51.8 cm³/mol. The fourth-order valence-electron chi connectivity index (χ4n) is 0.800. The Labute approximate surface area is 82.8 Å². The van der Waals surface area contributed by atoms with E-state index in [1.807, 2.05) is 0 Å². The zero-order valence-electron chi connectivity index (χ0n) is 6.48. The van der Waals surface area contributed by atoms with Crippen molar-refractivity contribution in [2.75, 3.05) is 0 Å². The first kappa shape index (κ1) is 9.73. The van der Waals surface area contributed by atoms with Crippen LogP contribution in [0, 0.1) is 10.1 Å². The van der Waals surface area contributed by atoms with Crippen molar-refractivity contribution in [1.82, 2.24) is 0 Å². The molecule has 0 fully saturated rings. The second-order valence-electron chi connectivity index (χ2n) is 2.30. The highest BCUT2D eigenvalue weighted by atomic mass is 79.9. The Morgan fingerprint density at radius 2 is 2.23 bits per heavy atom. The minimum absolute atomic E-state index is 0.0151. The third-order valence-electron chi connectivity index (χ3n) is 1.37. The van der Waals surface area contributed by atoms with E-state index in [1.165, 1.54) is 12.1 Å². The summed E-state index contributed by atoms with van der Waals surface area (Å²) in [5, 5.41) is 19.2. The van der Waals surface area contributed by atoms with Gasteiger partial charge in [0.15, 0.2) is 0 Å². The second kappa shape index (κ2) is 4.04. The number of aromatic hydroxyl groups is 1. The van der Waals surface area contributed by atoms with Crippen molar-refractivity contribution in [3.05, 3.63) is 44.5 Å². The lowest BCUT2D eigenvalue weighted by Crippen LogP contribution is -1.82. The van der Waals surface area contributed by atoms with E-state index in [1.54, 1.807) is 12.1 Å². The molecule has 0 aliphatic rings. The number of phenolic OH excluding ortho intramolecular Hbond substituents is 1. The van der Waals surface area contributed by atoms with E-state index in [2.05, 4.69) is 15.9 Å². The molecule has 0 saturated carbocycles. The van der Waals surface area contributed by atoms with E-state index in [9.17, 15) is 15.2 Å². The normalized spacial score (nSPS) is 10.5. The maximum atomic E-state index is 9.99.